The van der Waals surface area contributed by atoms with Gasteiger partial charge in [-0.05, 0) is 60.7 Å². The Hall–Kier alpha value is -3.56. The van der Waals surface area contributed by atoms with Crippen LogP contribution >= 0.6 is 15.9 Å². The molecule has 0 aliphatic rings. The van der Waals surface area contributed by atoms with Gasteiger partial charge >= 0.3 is 0 Å². The van der Waals surface area contributed by atoms with Crippen molar-refractivity contribution in [1.82, 2.24) is 0 Å². The monoisotopic (exact) mass is 540 g/mol. The minimum absolute atomic E-state index is 0.351. The number of benzene rings is 3. The summed E-state index contributed by atoms with van der Waals surface area (Å²) in [4.78, 5) is 4.75. The van der Waals surface area contributed by atoms with Gasteiger partial charge in [0.1, 0.15) is 22.2 Å². The van der Waals surface area contributed by atoms with Gasteiger partial charge in [-0.25, -0.2) is 9.20 Å². The predicted octanol–water partition coefficient (Wildman–Crippen LogP) is 5.45. The zero-order valence-electron chi connectivity index (χ0n) is 18.7. The smallest absolute Gasteiger partial charge is 0.154 e. The number of ether oxygens (including phenoxy) is 2. The van der Waals surface area contributed by atoms with Crippen LogP contribution < -0.4 is 25.2 Å². The minimum atomic E-state index is -1.54. The van der Waals surface area contributed by atoms with E-state index >= 15 is 0 Å². The number of rotatable bonds is 10. The summed E-state index contributed by atoms with van der Waals surface area (Å²) >= 11 is 3.39. The van der Waals surface area contributed by atoms with Gasteiger partial charge < -0.3 is 25.2 Å². The maximum absolute atomic E-state index is 12.9. The van der Waals surface area contributed by atoms with Crippen molar-refractivity contribution < 1.29 is 13.7 Å². The second-order valence-corrected chi connectivity index (χ2v) is 9.05. The molecule has 0 saturated heterocycles. The Morgan fingerprint density at radius 2 is 1.79 bits per heavy atom. The molecule has 7 nitrogen and oxygen atoms in total. The standard InChI is InChI=1S/C25H25BrN4O3S/c1-17(13-14-28-25(27)18-5-4-6-22(15-18)32-2)29-21-11-12-23(33-3)24(16-21)34(31)30-20-9-7-19(26)8-10-20/h4-16,29-30H,1H2,2-3H3,(H2,27,28)/b14-13+. The maximum atomic E-state index is 12.9. The largest absolute Gasteiger partial charge is 0.497 e. The number of aliphatic imine (C=N–C) groups is 1. The Bertz CT molecular complexity index is 1240. The fraction of sp³-hybridized carbons (Fsp3) is 0.0800. The summed E-state index contributed by atoms with van der Waals surface area (Å²) < 4.78 is 27.5. The highest BCUT2D eigenvalue weighted by Crippen LogP contribution is 2.28. The molecule has 0 radical (unpaired) electrons. The van der Waals surface area contributed by atoms with Gasteiger partial charge in [0, 0.05) is 33.3 Å². The lowest BCUT2D eigenvalue weighted by molar-refractivity contribution is 0.404. The summed E-state index contributed by atoms with van der Waals surface area (Å²) in [6.07, 6.45) is 3.25. The van der Waals surface area contributed by atoms with Crippen molar-refractivity contribution in [2.75, 3.05) is 24.3 Å². The maximum Gasteiger partial charge on any atom is 0.154 e. The van der Waals surface area contributed by atoms with Crippen molar-refractivity contribution in [3.63, 3.8) is 0 Å². The first-order chi connectivity index (χ1) is 16.4. The van der Waals surface area contributed by atoms with E-state index in [0.29, 0.717) is 33.6 Å². The van der Waals surface area contributed by atoms with Crippen LogP contribution in [0.25, 0.3) is 0 Å². The molecule has 0 bridgehead atoms. The molecule has 34 heavy (non-hydrogen) atoms. The van der Waals surface area contributed by atoms with Crippen LogP contribution in [0.15, 0.2) is 106 Å². The molecular weight excluding hydrogens is 516 g/mol. The second-order valence-electron chi connectivity index (χ2n) is 6.96. The van der Waals surface area contributed by atoms with Gasteiger partial charge in [-0.3, -0.25) is 0 Å². The molecule has 1 atom stereocenters. The van der Waals surface area contributed by atoms with E-state index in [0.717, 1.165) is 15.7 Å². The van der Waals surface area contributed by atoms with Crippen LogP contribution in [0.3, 0.4) is 0 Å². The summed E-state index contributed by atoms with van der Waals surface area (Å²) in [6.45, 7) is 3.98. The third-order valence-electron chi connectivity index (χ3n) is 4.58. The average Bonchev–Trinajstić information content (AvgIpc) is 2.85. The molecule has 0 aliphatic heterocycles. The molecule has 0 aromatic heterocycles. The van der Waals surface area contributed by atoms with Crippen molar-refractivity contribution in [2.24, 2.45) is 10.7 Å². The molecule has 3 rings (SSSR count). The first-order valence-electron chi connectivity index (χ1n) is 10.1. The Morgan fingerprint density at radius 3 is 2.50 bits per heavy atom. The zero-order valence-corrected chi connectivity index (χ0v) is 21.2. The fourth-order valence-electron chi connectivity index (χ4n) is 2.87. The topological polar surface area (TPSA) is 98.0 Å². The quantitative estimate of drug-likeness (QED) is 0.180. The minimum Gasteiger partial charge on any atom is -0.497 e. The van der Waals surface area contributed by atoms with E-state index in [2.05, 4.69) is 37.5 Å². The molecule has 0 spiro atoms. The molecule has 0 amide bonds. The number of amidine groups is 1. The summed E-state index contributed by atoms with van der Waals surface area (Å²) in [7, 11) is 1.59. The lowest BCUT2D eigenvalue weighted by atomic mass is 10.2. The van der Waals surface area contributed by atoms with E-state index in [4.69, 9.17) is 15.2 Å². The molecule has 1 unspecified atom stereocenters. The zero-order chi connectivity index (χ0) is 24.5. The van der Waals surface area contributed by atoms with Crippen LogP contribution in [0.1, 0.15) is 5.56 Å². The Labute approximate surface area is 210 Å². The van der Waals surface area contributed by atoms with E-state index < -0.39 is 11.0 Å². The summed E-state index contributed by atoms with van der Waals surface area (Å²) in [5, 5.41) is 3.16. The van der Waals surface area contributed by atoms with Gasteiger partial charge in [0.15, 0.2) is 11.0 Å². The Balaban J connectivity index is 1.69. The number of methoxy groups -OCH3 is 2. The summed E-state index contributed by atoms with van der Waals surface area (Å²) in [5.74, 6) is 1.56. The highest BCUT2D eigenvalue weighted by atomic mass is 79.9. The summed E-state index contributed by atoms with van der Waals surface area (Å²) in [6, 6.07) is 20.0. The van der Waals surface area contributed by atoms with Gasteiger partial charge in [0.2, 0.25) is 0 Å². The highest BCUT2D eigenvalue weighted by Gasteiger charge is 2.12. The lowest BCUT2D eigenvalue weighted by Gasteiger charge is -2.13. The molecule has 3 aromatic rings. The third kappa shape index (κ3) is 6.97. The van der Waals surface area contributed by atoms with Crippen molar-refractivity contribution in [3.05, 3.63) is 101 Å². The molecule has 176 valence electrons. The van der Waals surface area contributed by atoms with E-state index in [1.807, 2.05) is 48.5 Å². The van der Waals surface area contributed by atoms with Crippen molar-refractivity contribution in [3.8, 4) is 11.5 Å². The number of hydrogen-bond acceptors (Lipinski definition) is 5. The molecule has 0 fully saturated rings. The van der Waals surface area contributed by atoms with E-state index in [1.165, 1.54) is 7.11 Å². The number of nitrogens with zero attached hydrogens (tertiary/aromatic N) is 1. The van der Waals surface area contributed by atoms with Gasteiger partial charge in [-0.2, -0.15) is 0 Å². The van der Waals surface area contributed by atoms with Crippen molar-refractivity contribution in [2.45, 2.75) is 4.90 Å². The van der Waals surface area contributed by atoms with Crippen LogP contribution in [0.2, 0.25) is 0 Å². The van der Waals surface area contributed by atoms with Crippen LogP contribution in [-0.4, -0.2) is 24.3 Å². The van der Waals surface area contributed by atoms with Crippen LogP contribution in [0.4, 0.5) is 11.4 Å². The number of halogens is 1. The molecule has 0 saturated carbocycles. The Kier molecular flexibility index (Phi) is 8.89. The number of allylic oxidation sites excluding steroid dienone is 1. The van der Waals surface area contributed by atoms with Gasteiger partial charge in [-0.15, -0.1) is 0 Å². The van der Waals surface area contributed by atoms with E-state index in [-0.39, 0.29) is 0 Å². The first-order valence-corrected chi connectivity index (χ1v) is 12.1. The average molecular weight is 541 g/mol. The normalized spacial score (nSPS) is 12.3. The third-order valence-corrected chi connectivity index (χ3v) is 6.25. The number of anilines is 2. The van der Waals surface area contributed by atoms with Crippen LogP contribution in [0, 0.1) is 0 Å². The van der Waals surface area contributed by atoms with Crippen molar-refractivity contribution >= 4 is 44.1 Å². The predicted molar refractivity (Wildman–Crippen MR) is 143 cm³/mol. The molecule has 9 heteroatoms. The highest BCUT2D eigenvalue weighted by molar-refractivity contribution is 9.10. The van der Waals surface area contributed by atoms with Crippen LogP contribution in [-0.2, 0) is 11.0 Å². The molecule has 0 aliphatic carbocycles. The number of hydrogen-bond donors (Lipinski definition) is 3. The molecule has 3 aromatic carbocycles. The SMILES string of the molecule is C=C(/C=C/N=C(N)c1cccc(OC)c1)Nc1ccc(OC)c(S(=O)Nc2ccc(Br)cc2)c1. The molecule has 4 N–H and O–H groups in total. The molecular formula is C25H25BrN4O3S. The first kappa shape index (κ1) is 25.1. The van der Waals surface area contributed by atoms with Crippen molar-refractivity contribution in [1.29, 1.82) is 0 Å². The number of nitrogens with two attached hydrogens (primary N) is 1. The van der Waals surface area contributed by atoms with E-state index in [1.54, 1.807) is 37.6 Å². The van der Waals surface area contributed by atoms with Crippen LogP contribution in [0.5, 0.6) is 11.5 Å². The van der Waals surface area contributed by atoms with E-state index in [9.17, 15) is 4.21 Å². The lowest BCUT2D eigenvalue weighted by Crippen LogP contribution is -2.12. The van der Waals surface area contributed by atoms with Gasteiger partial charge in [-0.1, -0.05) is 34.6 Å². The second kappa shape index (κ2) is 12.1. The Morgan fingerprint density at radius 1 is 1.06 bits per heavy atom. The summed E-state index contributed by atoms with van der Waals surface area (Å²) in [5.41, 5.74) is 8.80. The number of nitrogens with one attached hydrogen (secondary N) is 2. The van der Waals surface area contributed by atoms with Gasteiger partial charge in [0.25, 0.3) is 0 Å². The molecule has 0 heterocycles. The van der Waals surface area contributed by atoms with Gasteiger partial charge in [0.05, 0.1) is 14.2 Å². The fourth-order valence-corrected chi connectivity index (χ4v) is 4.16.